The number of amides is 1. The lowest BCUT2D eigenvalue weighted by molar-refractivity contribution is -0.137. The first kappa shape index (κ1) is 15.8. The first-order valence-corrected chi connectivity index (χ1v) is 6.31. The van der Waals surface area contributed by atoms with E-state index in [1.807, 2.05) is 0 Å². The van der Waals surface area contributed by atoms with Gasteiger partial charge >= 0.3 is 6.18 Å². The number of carbonyl (C=O) groups excluding carboxylic acids is 1. The van der Waals surface area contributed by atoms with Gasteiger partial charge in [0.05, 0.1) is 12.1 Å². The van der Waals surface area contributed by atoms with Crippen LogP contribution in [0.4, 0.5) is 28.9 Å². The van der Waals surface area contributed by atoms with Crippen molar-refractivity contribution in [2.75, 3.05) is 17.2 Å². The van der Waals surface area contributed by atoms with Crippen LogP contribution in [0.1, 0.15) is 5.56 Å². The molecule has 0 heterocycles. The van der Waals surface area contributed by atoms with Crippen LogP contribution in [0.5, 0.6) is 0 Å². The Hall–Kier alpha value is -2.57. The van der Waals surface area contributed by atoms with E-state index < -0.39 is 23.5 Å². The molecule has 0 bridgehead atoms. The highest BCUT2D eigenvalue weighted by molar-refractivity contribution is 5.93. The third-order valence-corrected chi connectivity index (χ3v) is 2.77. The topological polar surface area (TPSA) is 41.1 Å². The van der Waals surface area contributed by atoms with Crippen LogP contribution in [0.25, 0.3) is 0 Å². The Bertz CT molecular complexity index is 653. The van der Waals surface area contributed by atoms with Crippen LogP contribution in [-0.2, 0) is 11.0 Å². The summed E-state index contributed by atoms with van der Waals surface area (Å²) in [7, 11) is 0. The fraction of sp³-hybridized carbons (Fsp3) is 0.133. The van der Waals surface area contributed by atoms with E-state index in [0.29, 0.717) is 11.4 Å². The van der Waals surface area contributed by atoms with Gasteiger partial charge in [0.25, 0.3) is 0 Å². The van der Waals surface area contributed by atoms with E-state index in [1.165, 1.54) is 30.3 Å². The fourth-order valence-corrected chi connectivity index (χ4v) is 1.73. The minimum atomic E-state index is -4.40. The number of carbonyl (C=O) groups is 1. The summed E-state index contributed by atoms with van der Waals surface area (Å²) in [6.07, 6.45) is -4.40. The molecule has 0 aliphatic heterocycles. The summed E-state index contributed by atoms with van der Waals surface area (Å²) in [5.74, 6) is -0.918. The summed E-state index contributed by atoms with van der Waals surface area (Å²) in [5, 5.41) is 5.15. The molecule has 0 fully saturated rings. The van der Waals surface area contributed by atoms with Gasteiger partial charge in [0.1, 0.15) is 5.82 Å². The molecule has 0 saturated heterocycles. The third-order valence-electron chi connectivity index (χ3n) is 2.77. The van der Waals surface area contributed by atoms with Gasteiger partial charge in [-0.3, -0.25) is 4.79 Å². The van der Waals surface area contributed by atoms with Crippen LogP contribution in [0.2, 0.25) is 0 Å². The Kier molecular flexibility index (Phi) is 4.65. The standard InChI is InChI=1S/C15H12F4N2O/c16-11-2-1-3-13(8-11)21-14(22)9-20-12-6-4-10(5-7-12)15(17,18)19/h1-8,20H,9H2,(H,21,22). The molecule has 2 aromatic carbocycles. The highest BCUT2D eigenvalue weighted by atomic mass is 19.4. The maximum Gasteiger partial charge on any atom is 0.416 e. The number of rotatable bonds is 4. The predicted octanol–water partition coefficient (Wildman–Crippen LogP) is 3.90. The Labute approximate surface area is 124 Å². The highest BCUT2D eigenvalue weighted by Gasteiger charge is 2.29. The van der Waals surface area contributed by atoms with Crippen LogP contribution >= 0.6 is 0 Å². The van der Waals surface area contributed by atoms with Crippen molar-refractivity contribution in [2.24, 2.45) is 0 Å². The third kappa shape index (κ3) is 4.47. The van der Waals surface area contributed by atoms with Crippen molar-refractivity contribution >= 4 is 17.3 Å². The zero-order valence-electron chi connectivity index (χ0n) is 11.2. The maximum absolute atomic E-state index is 12.9. The van der Waals surface area contributed by atoms with E-state index in [0.717, 1.165) is 18.2 Å². The van der Waals surface area contributed by atoms with Crippen molar-refractivity contribution in [2.45, 2.75) is 6.18 Å². The molecule has 7 heteroatoms. The minimum Gasteiger partial charge on any atom is -0.376 e. The van der Waals surface area contributed by atoms with E-state index >= 15 is 0 Å². The Morgan fingerprint density at radius 1 is 1.00 bits per heavy atom. The highest BCUT2D eigenvalue weighted by Crippen LogP contribution is 2.29. The van der Waals surface area contributed by atoms with E-state index in [9.17, 15) is 22.4 Å². The number of hydrogen-bond acceptors (Lipinski definition) is 2. The number of benzene rings is 2. The van der Waals surface area contributed by atoms with E-state index in [4.69, 9.17) is 0 Å². The molecule has 0 aromatic heterocycles. The summed E-state index contributed by atoms with van der Waals surface area (Å²) in [4.78, 5) is 11.6. The van der Waals surface area contributed by atoms with Crippen molar-refractivity contribution in [1.82, 2.24) is 0 Å². The van der Waals surface area contributed by atoms with Gasteiger partial charge in [-0.2, -0.15) is 13.2 Å². The predicted molar refractivity (Wildman–Crippen MR) is 75.0 cm³/mol. The summed E-state index contributed by atoms with van der Waals surface area (Å²) in [6, 6.07) is 9.70. The quantitative estimate of drug-likeness (QED) is 0.841. The largest absolute Gasteiger partial charge is 0.416 e. The van der Waals surface area contributed by atoms with Gasteiger partial charge in [-0.1, -0.05) is 6.07 Å². The fourth-order valence-electron chi connectivity index (χ4n) is 1.73. The van der Waals surface area contributed by atoms with Gasteiger partial charge in [-0.05, 0) is 42.5 Å². The SMILES string of the molecule is O=C(CNc1ccc(C(F)(F)F)cc1)Nc1cccc(F)c1. The van der Waals surface area contributed by atoms with Gasteiger partial charge in [-0.25, -0.2) is 4.39 Å². The molecule has 0 aliphatic carbocycles. The lowest BCUT2D eigenvalue weighted by Gasteiger charge is -2.10. The number of halogens is 4. The first-order chi connectivity index (χ1) is 10.3. The molecule has 0 saturated carbocycles. The molecule has 2 rings (SSSR count). The molecule has 3 nitrogen and oxygen atoms in total. The summed E-state index contributed by atoms with van der Waals surface area (Å²) in [6.45, 7) is -0.151. The second-order valence-corrected chi connectivity index (χ2v) is 4.49. The minimum absolute atomic E-state index is 0.151. The molecule has 116 valence electrons. The lowest BCUT2D eigenvalue weighted by Crippen LogP contribution is -2.21. The number of alkyl halides is 3. The van der Waals surface area contributed by atoms with Crippen LogP contribution in [0.15, 0.2) is 48.5 Å². The average Bonchev–Trinajstić information content (AvgIpc) is 2.45. The summed E-state index contributed by atoms with van der Waals surface area (Å²) < 4.78 is 50.1. The van der Waals surface area contributed by atoms with Crippen molar-refractivity contribution in [3.8, 4) is 0 Å². The molecular weight excluding hydrogens is 300 g/mol. The van der Waals surface area contributed by atoms with E-state index in [-0.39, 0.29) is 6.54 Å². The van der Waals surface area contributed by atoms with Crippen molar-refractivity contribution in [3.05, 3.63) is 59.9 Å². The second-order valence-electron chi connectivity index (χ2n) is 4.49. The smallest absolute Gasteiger partial charge is 0.376 e. The maximum atomic E-state index is 12.9. The molecule has 2 N–H and O–H groups in total. The molecule has 0 unspecified atom stereocenters. The molecular formula is C15H12F4N2O. The van der Waals surface area contributed by atoms with Gasteiger partial charge in [-0.15, -0.1) is 0 Å². The molecule has 22 heavy (non-hydrogen) atoms. The van der Waals surface area contributed by atoms with E-state index in [2.05, 4.69) is 10.6 Å². The summed E-state index contributed by atoms with van der Waals surface area (Å²) in [5.41, 5.74) is -0.0797. The molecule has 0 radical (unpaired) electrons. The zero-order valence-corrected chi connectivity index (χ0v) is 11.2. The van der Waals surface area contributed by atoms with Crippen LogP contribution in [0, 0.1) is 5.82 Å². The van der Waals surface area contributed by atoms with Gasteiger partial charge in [0.15, 0.2) is 0 Å². The van der Waals surface area contributed by atoms with E-state index in [1.54, 1.807) is 0 Å². The van der Waals surface area contributed by atoms with Crippen molar-refractivity contribution in [1.29, 1.82) is 0 Å². The van der Waals surface area contributed by atoms with Crippen LogP contribution in [0.3, 0.4) is 0 Å². The normalized spacial score (nSPS) is 11.1. The van der Waals surface area contributed by atoms with Gasteiger partial charge in [0, 0.05) is 11.4 Å². The number of nitrogens with one attached hydrogen (secondary N) is 2. The number of hydrogen-bond donors (Lipinski definition) is 2. The number of anilines is 2. The van der Waals surface area contributed by atoms with Gasteiger partial charge in [0.2, 0.25) is 5.91 Å². The molecule has 1 amide bonds. The average molecular weight is 312 g/mol. The van der Waals surface area contributed by atoms with Gasteiger partial charge < -0.3 is 10.6 Å². The Morgan fingerprint density at radius 3 is 2.27 bits per heavy atom. The summed E-state index contributed by atoms with van der Waals surface area (Å²) >= 11 is 0. The molecule has 0 spiro atoms. The van der Waals surface area contributed by atoms with Crippen molar-refractivity contribution < 1.29 is 22.4 Å². The first-order valence-electron chi connectivity index (χ1n) is 6.31. The monoisotopic (exact) mass is 312 g/mol. The van der Waals surface area contributed by atoms with Crippen molar-refractivity contribution in [3.63, 3.8) is 0 Å². The Morgan fingerprint density at radius 2 is 1.68 bits per heavy atom. The van der Waals surface area contributed by atoms with Crippen LogP contribution < -0.4 is 10.6 Å². The molecule has 2 aromatic rings. The lowest BCUT2D eigenvalue weighted by atomic mass is 10.2. The molecule has 0 aliphatic rings. The zero-order chi connectivity index (χ0) is 16.2. The Balaban J connectivity index is 1.88. The molecule has 0 atom stereocenters. The second kappa shape index (κ2) is 6.46. The van der Waals surface area contributed by atoms with Crippen LogP contribution in [-0.4, -0.2) is 12.5 Å².